The number of carbonyl (C=O) groups is 1. The molecule has 0 radical (unpaired) electrons. The highest BCUT2D eigenvalue weighted by Crippen LogP contribution is 2.20. The Hall–Kier alpha value is -1.76. The quantitative estimate of drug-likeness (QED) is 0.866. The summed E-state index contributed by atoms with van der Waals surface area (Å²) in [5, 5.41) is 7.68. The van der Waals surface area contributed by atoms with E-state index in [1.807, 2.05) is 5.41 Å². The normalized spacial score (nSPS) is 14.6. The van der Waals surface area contributed by atoms with E-state index in [4.69, 9.17) is 4.74 Å². The summed E-state index contributed by atoms with van der Waals surface area (Å²) in [5.41, 5.74) is 1.12. The van der Waals surface area contributed by atoms with Crippen LogP contribution in [-0.2, 0) is 4.74 Å². The molecule has 2 heterocycles. The Bertz CT molecular complexity index is 511. The molecule has 2 rings (SSSR count). The summed E-state index contributed by atoms with van der Waals surface area (Å²) >= 11 is 1.66. The predicted molar refractivity (Wildman–Crippen MR) is 75.5 cm³/mol. The number of hydrogen-bond donors (Lipinski definition) is 2. The van der Waals surface area contributed by atoms with Crippen LogP contribution in [0.1, 0.15) is 26.5 Å². The fourth-order valence-electron chi connectivity index (χ4n) is 1.40. The summed E-state index contributed by atoms with van der Waals surface area (Å²) in [7, 11) is 0. The van der Waals surface area contributed by atoms with Crippen molar-refractivity contribution in [2.75, 3.05) is 11.2 Å². The van der Waals surface area contributed by atoms with Crippen molar-refractivity contribution in [3.05, 3.63) is 23.4 Å². The minimum atomic E-state index is -0.563. The Morgan fingerprint density at radius 2 is 2.32 bits per heavy atom. The standard InChI is InChI=1S/C12H16N4O2S/c1-12(2,3)18-11(17)16-10-13-5-4-8(15-10)9-6-19-7-14-9/h4-6,14H,7H2,1-3H3,(H,13,15,16,17). The van der Waals surface area contributed by atoms with Crippen molar-refractivity contribution in [1.29, 1.82) is 0 Å². The van der Waals surface area contributed by atoms with Gasteiger partial charge in [-0.2, -0.15) is 0 Å². The van der Waals surface area contributed by atoms with Crippen LogP contribution in [0.25, 0.3) is 5.70 Å². The van der Waals surface area contributed by atoms with E-state index in [9.17, 15) is 4.79 Å². The van der Waals surface area contributed by atoms with Crippen LogP contribution in [0.2, 0.25) is 0 Å². The molecule has 0 aliphatic carbocycles. The number of amides is 1. The first-order chi connectivity index (χ1) is 8.94. The molecule has 1 aliphatic heterocycles. The third-order valence-electron chi connectivity index (χ3n) is 2.09. The third-order valence-corrected chi connectivity index (χ3v) is 2.80. The van der Waals surface area contributed by atoms with Gasteiger partial charge in [-0.05, 0) is 32.2 Å². The molecule has 1 aromatic heterocycles. The lowest BCUT2D eigenvalue weighted by Crippen LogP contribution is -2.27. The molecule has 0 saturated heterocycles. The van der Waals surface area contributed by atoms with Crippen molar-refractivity contribution in [3.63, 3.8) is 0 Å². The van der Waals surface area contributed by atoms with Crippen LogP contribution in [0.3, 0.4) is 0 Å². The molecule has 0 fully saturated rings. The minimum Gasteiger partial charge on any atom is -0.444 e. The molecule has 6 nitrogen and oxygen atoms in total. The molecule has 1 aromatic rings. The predicted octanol–water partition coefficient (Wildman–Crippen LogP) is 2.42. The monoisotopic (exact) mass is 280 g/mol. The zero-order valence-corrected chi connectivity index (χ0v) is 11.9. The molecule has 1 amide bonds. The molecule has 2 N–H and O–H groups in total. The fraction of sp³-hybridized carbons (Fsp3) is 0.417. The molecule has 0 saturated carbocycles. The van der Waals surface area contributed by atoms with Crippen LogP contribution in [-0.4, -0.2) is 27.5 Å². The number of ether oxygens (including phenoxy) is 1. The van der Waals surface area contributed by atoms with Gasteiger partial charge in [-0.3, -0.25) is 5.32 Å². The molecule has 0 bridgehead atoms. The highest BCUT2D eigenvalue weighted by molar-refractivity contribution is 8.02. The van der Waals surface area contributed by atoms with Gasteiger partial charge in [0.25, 0.3) is 0 Å². The van der Waals surface area contributed by atoms with Gasteiger partial charge in [0.1, 0.15) is 5.60 Å². The number of aromatic nitrogens is 2. The van der Waals surface area contributed by atoms with Crippen molar-refractivity contribution in [2.24, 2.45) is 0 Å². The first kappa shape index (κ1) is 13.7. The van der Waals surface area contributed by atoms with E-state index in [1.165, 1.54) is 0 Å². The van der Waals surface area contributed by atoms with E-state index in [-0.39, 0.29) is 5.95 Å². The molecule has 0 aromatic carbocycles. The maximum absolute atomic E-state index is 11.6. The van der Waals surface area contributed by atoms with Crippen LogP contribution in [0.5, 0.6) is 0 Å². The van der Waals surface area contributed by atoms with E-state index in [0.29, 0.717) is 0 Å². The van der Waals surface area contributed by atoms with Gasteiger partial charge in [0, 0.05) is 6.20 Å². The van der Waals surface area contributed by atoms with E-state index in [2.05, 4.69) is 20.6 Å². The third kappa shape index (κ3) is 4.13. The highest BCUT2D eigenvalue weighted by Gasteiger charge is 2.17. The van der Waals surface area contributed by atoms with Crippen LogP contribution in [0.15, 0.2) is 17.7 Å². The Labute approximate surface area is 116 Å². The van der Waals surface area contributed by atoms with Crippen LogP contribution < -0.4 is 10.6 Å². The van der Waals surface area contributed by atoms with Gasteiger partial charge < -0.3 is 10.1 Å². The number of thioether (sulfide) groups is 1. The lowest BCUT2D eigenvalue weighted by Gasteiger charge is -2.19. The molecule has 0 spiro atoms. The van der Waals surface area contributed by atoms with Crippen LogP contribution >= 0.6 is 11.8 Å². The van der Waals surface area contributed by atoms with E-state index in [0.717, 1.165) is 17.3 Å². The summed E-state index contributed by atoms with van der Waals surface area (Å²) in [6, 6.07) is 1.78. The Morgan fingerprint density at radius 3 is 2.95 bits per heavy atom. The summed E-state index contributed by atoms with van der Waals surface area (Å²) in [4.78, 5) is 19.9. The Balaban J connectivity index is 2.05. The number of rotatable bonds is 2. The molecule has 0 unspecified atom stereocenters. The van der Waals surface area contributed by atoms with Crippen molar-refractivity contribution < 1.29 is 9.53 Å². The molecule has 7 heteroatoms. The topological polar surface area (TPSA) is 76.1 Å². The second-order valence-electron chi connectivity index (χ2n) is 4.91. The van der Waals surface area contributed by atoms with Gasteiger partial charge in [-0.1, -0.05) is 0 Å². The lowest BCUT2D eigenvalue weighted by molar-refractivity contribution is 0.0634. The van der Waals surface area contributed by atoms with Gasteiger partial charge in [-0.15, -0.1) is 11.8 Å². The van der Waals surface area contributed by atoms with Crippen LogP contribution in [0, 0.1) is 0 Å². The molecule has 102 valence electrons. The summed E-state index contributed by atoms with van der Waals surface area (Å²) in [6.45, 7) is 5.40. The number of carbonyl (C=O) groups excluding carboxylic acids is 1. The van der Waals surface area contributed by atoms with Crippen molar-refractivity contribution in [2.45, 2.75) is 26.4 Å². The summed E-state index contributed by atoms with van der Waals surface area (Å²) in [5.74, 6) is 1.06. The zero-order valence-electron chi connectivity index (χ0n) is 11.1. The summed E-state index contributed by atoms with van der Waals surface area (Å²) in [6.07, 6.45) is 1.04. The molecular weight excluding hydrogens is 264 g/mol. The van der Waals surface area contributed by atoms with Crippen LogP contribution in [0.4, 0.5) is 10.7 Å². The minimum absolute atomic E-state index is 0.228. The largest absolute Gasteiger partial charge is 0.444 e. The van der Waals surface area contributed by atoms with E-state index >= 15 is 0 Å². The highest BCUT2D eigenvalue weighted by atomic mass is 32.2. The smallest absolute Gasteiger partial charge is 0.414 e. The number of hydrogen-bond acceptors (Lipinski definition) is 6. The second-order valence-corrected chi connectivity index (χ2v) is 5.77. The molecule has 1 aliphatic rings. The van der Waals surface area contributed by atoms with Gasteiger partial charge in [0.15, 0.2) is 0 Å². The van der Waals surface area contributed by atoms with Crippen molar-refractivity contribution in [3.8, 4) is 0 Å². The molecule has 0 atom stereocenters. The number of nitrogens with one attached hydrogen (secondary N) is 2. The maximum atomic E-state index is 11.6. The van der Waals surface area contributed by atoms with Gasteiger partial charge in [0.05, 0.1) is 17.3 Å². The number of anilines is 1. The van der Waals surface area contributed by atoms with Crippen molar-refractivity contribution in [1.82, 2.24) is 15.3 Å². The van der Waals surface area contributed by atoms with Crippen molar-refractivity contribution >= 4 is 29.5 Å². The number of nitrogens with zero attached hydrogens (tertiary/aromatic N) is 2. The SMILES string of the molecule is CC(C)(C)OC(=O)Nc1nccc(C2=CSCN2)n1. The Morgan fingerprint density at radius 1 is 1.53 bits per heavy atom. The van der Waals surface area contributed by atoms with Gasteiger partial charge >= 0.3 is 6.09 Å². The summed E-state index contributed by atoms with van der Waals surface area (Å²) < 4.78 is 5.14. The average Bonchev–Trinajstić information content (AvgIpc) is 2.79. The Kier molecular flexibility index (Phi) is 3.94. The molecule has 19 heavy (non-hydrogen) atoms. The van der Waals surface area contributed by atoms with E-state index < -0.39 is 11.7 Å². The lowest BCUT2D eigenvalue weighted by atomic mass is 10.2. The van der Waals surface area contributed by atoms with Gasteiger partial charge in [0.2, 0.25) is 5.95 Å². The maximum Gasteiger partial charge on any atom is 0.414 e. The first-order valence-corrected chi connectivity index (χ1v) is 6.88. The van der Waals surface area contributed by atoms with E-state index in [1.54, 1.807) is 44.8 Å². The first-order valence-electron chi connectivity index (χ1n) is 5.83. The fourth-order valence-corrected chi connectivity index (χ4v) is 2.09. The average molecular weight is 280 g/mol. The van der Waals surface area contributed by atoms with Gasteiger partial charge in [-0.25, -0.2) is 14.8 Å². The second kappa shape index (κ2) is 5.48. The zero-order chi connectivity index (χ0) is 13.9. The molecular formula is C12H16N4O2S.